The third kappa shape index (κ3) is 1.67. The molecule has 3 nitrogen and oxygen atoms in total. The Labute approximate surface area is 116 Å². The number of hydrogen-bond acceptors (Lipinski definition) is 2. The van der Waals surface area contributed by atoms with E-state index in [-0.39, 0.29) is 5.56 Å². The number of rotatable bonds is 0. The van der Waals surface area contributed by atoms with E-state index in [2.05, 4.69) is 49.9 Å². The Kier molecular flexibility index (Phi) is 2.88. The number of hydrogen-bond donors (Lipinski definition) is 1. The third-order valence-electron chi connectivity index (χ3n) is 3.53. The van der Waals surface area contributed by atoms with Gasteiger partial charge in [0.05, 0.1) is 4.47 Å². The smallest absolute Gasteiger partial charge is 0.266 e. The molecular weight excluding hydrogens is 383 g/mol. The molecule has 0 amide bonds. The summed E-state index contributed by atoms with van der Waals surface area (Å²) in [6, 6.07) is 2.15. The first kappa shape index (κ1) is 11.2. The summed E-state index contributed by atoms with van der Waals surface area (Å²) in [6.45, 7) is 2.92. The molecule has 0 aliphatic carbocycles. The number of nitrogens with one attached hydrogen (secondary N) is 1. The minimum Gasteiger partial charge on any atom is -0.316 e. The Balaban J connectivity index is 2.20. The van der Waals surface area contributed by atoms with Gasteiger partial charge in [-0.05, 0) is 63.5 Å². The molecule has 0 spiro atoms. The van der Waals surface area contributed by atoms with E-state index in [1.54, 1.807) is 0 Å². The van der Waals surface area contributed by atoms with Gasteiger partial charge in [-0.15, -0.1) is 0 Å². The molecule has 1 N–H and O–H groups in total. The first-order valence-corrected chi connectivity index (χ1v) is 7.33. The maximum absolute atomic E-state index is 12.2. The van der Waals surface area contributed by atoms with Gasteiger partial charge in [0.25, 0.3) is 5.56 Å². The second-order valence-corrected chi connectivity index (χ2v) is 6.56. The van der Waals surface area contributed by atoms with Crippen LogP contribution in [0.25, 0.3) is 0 Å². The van der Waals surface area contributed by atoms with Gasteiger partial charge in [-0.1, -0.05) is 0 Å². The number of aromatic nitrogens is 1. The summed E-state index contributed by atoms with van der Waals surface area (Å²) in [5, 5.41) is 3.45. The number of piperidine rings is 1. The first-order valence-electron chi connectivity index (χ1n) is 5.46. The average molecular weight is 395 g/mol. The highest BCUT2D eigenvalue weighted by molar-refractivity contribution is 14.1. The van der Waals surface area contributed by atoms with Crippen molar-refractivity contribution in [1.82, 2.24) is 9.88 Å². The fourth-order valence-electron chi connectivity index (χ4n) is 2.79. The first-order chi connectivity index (χ1) is 7.66. The van der Waals surface area contributed by atoms with Crippen molar-refractivity contribution in [2.75, 3.05) is 13.1 Å². The van der Waals surface area contributed by atoms with Gasteiger partial charge < -0.3 is 9.88 Å². The van der Waals surface area contributed by atoms with Crippen molar-refractivity contribution in [3.05, 3.63) is 30.2 Å². The van der Waals surface area contributed by atoms with E-state index >= 15 is 0 Å². The lowest BCUT2D eigenvalue weighted by Gasteiger charge is -2.37. The minimum absolute atomic E-state index is 0.137. The monoisotopic (exact) mass is 394 g/mol. The van der Waals surface area contributed by atoms with Crippen molar-refractivity contribution in [2.24, 2.45) is 5.92 Å². The second kappa shape index (κ2) is 4.10. The van der Waals surface area contributed by atoms with Crippen LogP contribution < -0.4 is 10.9 Å². The van der Waals surface area contributed by atoms with Crippen LogP contribution in [-0.2, 0) is 6.54 Å². The summed E-state index contributed by atoms with van der Waals surface area (Å²) < 4.78 is 3.70. The highest BCUT2D eigenvalue weighted by Gasteiger charge is 2.31. The van der Waals surface area contributed by atoms with E-state index in [1.165, 1.54) is 12.1 Å². The number of nitrogens with zero attached hydrogens (tertiary/aromatic N) is 1. The van der Waals surface area contributed by atoms with Crippen molar-refractivity contribution in [1.29, 1.82) is 0 Å². The molecule has 1 saturated heterocycles. The molecule has 5 heteroatoms. The molecule has 2 aliphatic rings. The van der Waals surface area contributed by atoms with Gasteiger partial charge in [-0.2, -0.15) is 0 Å². The van der Waals surface area contributed by atoms with Crippen molar-refractivity contribution < 1.29 is 0 Å². The lowest BCUT2D eigenvalue weighted by atomic mass is 9.84. The number of halogens is 2. The van der Waals surface area contributed by atoms with Gasteiger partial charge in [0.15, 0.2) is 0 Å². The predicted molar refractivity (Wildman–Crippen MR) is 74.8 cm³/mol. The molecule has 1 aromatic heterocycles. The van der Waals surface area contributed by atoms with E-state index in [0.29, 0.717) is 16.3 Å². The molecule has 3 rings (SSSR count). The summed E-state index contributed by atoms with van der Waals surface area (Å²) in [5.41, 5.74) is 1.35. The maximum Gasteiger partial charge on any atom is 0.266 e. The zero-order chi connectivity index (χ0) is 11.3. The Morgan fingerprint density at radius 3 is 3.12 bits per heavy atom. The van der Waals surface area contributed by atoms with Crippen LogP contribution in [0.3, 0.4) is 0 Å². The van der Waals surface area contributed by atoms with Gasteiger partial charge in [-0.3, -0.25) is 4.79 Å². The molecule has 0 unspecified atom stereocenters. The van der Waals surface area contributed by atoms with E-state index in [1.807, 2.05) is 4.57 Å². The highest BCUT2D eigenvalue weighted by atomic mass is 127. The number of pyridine rings is 1. The summed E-state index contributed by atoms with van der Waals surface area (Å²) in [7, 11) is 0. The molecule has 0 aromatic carbocycles. The molecule has 2 atom stereocenters. The van der Waals surface area contributed by atoms with E-state index in [0.717, 1.165) is 23.2 Å². The zero-order valence-corrected chi connectivity index (χ0v) is 12.4. The molecule has 1 fully saturated rings. The topological polar surface area (TPSA) is 34.0 Å². The molecule has 86 valence electrons. The van der Waals surface area contributed by atoms with Crippen LogP contribution in [-0.4, -0.2) is 17.7 Å². The van der Waals surface area contributed by atoms with Crippen LogP contribution in [0, 0.1) is 9.49 Å². The van der Waals surface area contributed by atoms with Gasteiger partial charge in [0.2, 0.25) is 0 Å². The van der Waals surface area contributed by atoms with Crippen LogP contribution >= 0.6 is 38.5 Å². The maximum atomic E-state index is 12.2. The summed E-state index contributed by atoms with van der Waals surface area (Å²) >= 11 is 5.61. The van der Waals surface area contributed by atoms with Gasteiger partial charge in [0, 0.05) is 28.3 Å². The van der Waals surface area contributed by atoms with Crippen molar-refractivity contribution in [2.45, 2.75) is 18.9 Å². The Bertz CT molecular complexity index is 499. The van der Waals surface area contributed by atoms with E-state index < -0.39 is 0 Å². The SMILES string of the molecule is O=c1c(Br)c(I)cc2n1C[C@@H]1CNC[C@H]2C1. The Hall–Kier alpha value is 0.120. The molecular formula is C11H12BrIN2O. The lowest BCUT2D eigenvalue weighted by Crippen LogP contribution is -2.45. The van der Waals surface area contributed by atoms with Crippen LogP contribution in [0.1, 0.15) is 18.0 Å². The number of fused-ring (bicyclic) bond motifs is 4. The summed E-state index contributed by atoms with van der Waals surface area (Å²) in [5.74, 6) is 1.14. The highest BCUT2D eigenvalue weighted by Crippen LogP contribution is 2.33. The molecule has 16 heavy (non-hydrogen) atoms. The van der Waals surface area contributed by atoms with Gasteiger partial charge in [0.1, 0.15) is 0 Å². The largest absolute Gasteiger partial charge is 0.316 e. The van der Waals surface area contributed by atoms with E-state index in [4.69, 9.17) is 0 Å². The van der Waals surface area contributed by atoms with Crippen LogP contribution in [0.15, 0.2) is 15.3 Å². The summed E-state index contributed by atoms with van der Waals surface area (Å²) in [4.78, 5) is 12.2. The average Bonchev–Trinajstić information content (AvgIpc) is 2.29. The third-order valence-corrected chi connectivity index (χ3v) is 5.89. The van der Waals surface area contributed by atoms with Crippen LogP contribution in [0.2, 0.25) is 0 Å². The predicted octanol–water partition coefficient (Wildman–Crippen LogP) is 1.92. The lowest BCUT2D eigenvalue weighted by molar-refractivity contribution is 0.256. The fourth-order valence-corrected chi connectivity index (χ4v) is 3.67. The minimum atomic E-state index is 0.137. The molecule has 0 radical (unpaired) electrons. The molecule has 1 aromatic rings. The van der Waals surface area contributed by atoms with E-state index in [9.17, 15) is 4.79 Å². The zero-order valence-electron chi connectivity index (χ0n) is 8.67. The van der Waals surface area contributed by atoms with Crippen LogP contribution in [0.5, 0.6) is 0 Å². The van der Waals surface area contributed by atoms with Crippen molar-refractivity contribution in [3.8, 4) is 0 Å². The Morgan fingerprint density at radius 1 is 1.50 bits per heavy atom. The van der Waals surface area contributed by atoms with Gasteiger partial charge >= 0.3 is 0 Å². The standard InChI is InChI=1S/C11H12BrIN2O/c12-10-8(13)2-9-7-1-6(3-14-4-7)5-15(9)11(10)16/h2,6-7,14H,1,3-5H2/t6-,7+/m0/s1. The summed E-state index contributed by atoms with van der Waals surface area (Å²) in [6.07, 6.45) is 1.23. The fraction of sp³-hybridized carbons (Fsp3) is 0.545. The second-order valence-electron chi connectivity index (χ2n) is 4.60. The van der Waals surface area contributed by atoms with Gasteiger partial charge in [-0.25, -0.2) is 0 Å². The molecule has 2 bridgehead atoms. The molecule has 0 saturated carbocycles. The van der Waals surface area contributed by atoms with Crippen LogP contribution in [0.4, 0.5) is 0 Å². The van der Waals surface area contributed by atoms with Crippen molar-refractivity contribution in [3.63, 3.8) is 0 Å². The van der Waals surface area contributed by atoms with Crippen molar-refractivity contribution >= 4 is 38.5 Å². The molecule has 2 aliphatic heterocycles. The quantitative estimate of drug-likeness (QED) is 0.682. The normalized spacial score (nSPS) is 27.6. The Morgan fingerprint density at radius 2 is 2.31 bits per heavy atom. The molecule has 3 heterocycles.